The van der Waals surface area contributed by atoms with Crippen LogP contribution in [0.4, 0.5) is 0 Å². The van der Waals surface area contributed by atoms with E-state index in [0.717, 1.165) is 0 Å². The van der Waals surface area contributed by atoms with Crippen molar-refractivity contribution < 1.29 is 85.6 Å². The van der Waals surface area contributed by atoms with Gasteiger partial charge in [-0.2, -0.15) is 0 Å². The minimum absolute atomic E-state index is 0. The smallest absolute Gasteiger partial charge is 1.00 e. The zero-order chi connectivity index (χ0) is 7.49. The Morgan fingerprint density at radius 3 is 2.00 bits per heavy atom. The molecule has 58 valence electrons. The quantitative estimate of drug-likeness (QED) is 0.304. The van der Waals surface area contributed by atoms with E-state index in [-0.39, 0.29) is 62.0 Å². The molecular formula is C2H8NNa2O5P. The molecule has 9 heteroatoms. The third-order valence-electron chi connectivity index (χ3n) is 0.387. The molecule has 0 radical (unpaired) electrons. The largest absolute Gasteiger partial charge is 1.00 e. The normalized spacial score (nSPS) is 9.00. The third-order valence-corrected chi connectivity index (χ3v) is 0.829. The number of nitrogens with two attached hydrogens (primary N) is 1. The Balaban J connectivity index is -0.0000000533. The van der Waals surface area contributed by atoms with Crippen molar-refractivity contribution in [1.82, 2.24) is 0 Å². The molecule has 0 aliphatic rings. The Morgan fingerprint density at radius 2 is 1.91 bits per heavy atom. The van der Waals surface area contributed by atoms with Gasteiger partial charge in [0.05, 0.1) is 6.54 Å². The van der Waals surface area contributed by atoms with Crippen LogP contribution in [0.25, 0.3) is 0 Å². The molecule has 0 aromatic heterocycles. The molecule has 0 saturated heterocycles. The summed E-state index contributed by atoms with van der Waals surface area (Å²) < 4.78 is 13.3. The molecule has 0 heterocycles. The molecule has 11 heavy (non-hydrogen) atoms. The molecule has 0 rings (SSSR count). The number of hydrogen-bond donors (Lipinski definition) is 3. The van der Waals surface area contributed by atoms with Gasteiger partial charge in [0.1, 0.15) is 0 Å². The summed E-state index contributed by atoms with van der Waals surface area (Å²) in [5.41, 5.74) is 4.66. The van der Waals surface area contributed by atoms with Crippen LogP contribution in [0.15, 0.2) is 0 Å². The molecule has 0 aliphatic carbocycles. The predicted molar refractivity (Wildman–Crippen MR) is 29.4 cm³/mol. The van der Waals surface area contributed by atoms with Gasteiger partial charge in [0.25, 0.3) is 0 Å². The molecule has 0 atom stereocenters. The first kappa shape index (κ1) is 18.4. The Hall–Kier alpha value is 1.58. The van der Waals surface area contributed by atoms with Crippen molar-refractivity contribution in [3.05, 3.63) is 0 Å². The van der Waals surface area contributed by atoms with Crippen molar-refractivity contribution in [2.75, 3.05) is 6.54 Å². The minimum atomic E-state index is -4.67. The van der Waals surface area contributed by atoms with Gasteiger partial charge in [-0.25, -0.2) is 4.57 Å². The summed E-state index contributed by atoms with van der Waals surface area (Å²) in [6.45, 7) is -0.537. The summed E-state index contributed by atoms with van der Waals surface area (Å²) >= 11 is 0. The van der Waals surface area contributed by atoms with Gasteiger partial charge in [-0.1, -0.05) is 0 Å². The van der Waals surface area contributed by atoms with E-state index in [1.807, 2.05) is 0 Å². The van der Waals surface area contributed by atoms with Gasteiger partial charge < -0.3 is 13.1 Å². The maximum Gasteiger partial charge on any atom is 1.00 e. The number of rotatable bonds is 2. The van der Waals surface area contributed by atoms with Gasteiger partial charge in [0.15, 0.2) is 0 Å². The van der Waals surface area contributed by atoms with Crippen molar-refractivity contribution in [1.29, 1.82) is 0 Å². The van der Waals surface area contributed by atoms with Gasteiger partial charge >= 0.3 is 72.9 Å². The van der Waals surface area contributed by atoms with Crippen molar-refractivity contribution in [2.24, 2.45) is 5.73 Å². The van der Waals surface area contributed by atoms with E-state index < -0.39 is 20.3 Å². The van der Waals surface area contributed by atoms with Crippen LogP contribution >= 0.6 is 7.82 Å². The van der Waals surface area contributed by atoms with E-state index in [0.29, 0.717) is 0 Å². The molecule has 0 aromatic rings. The van der Waals surface area contributed by atoms with Crippen molar-refractivity contribution >= 4 is 13.8 Å². The van der Waals surface area contributed by atoms with Crippen LogP contribution in [0, 0.1) is 0 Å². The first-order valence-electron chi connectivity index (χ1n) is 1.94. The van der Waals surface area contributed by atoms with Crippen molar-refractivity contribution in [2.45, 2.75) is 0 Å². The fourth-order valence-electron chi connectivity index (χ4n) is 0.170. The maximum atomic E-state index is 9.99. The third kappa shape index (κ3) is 14.4. The van der Waals surface area contributed by atoms with E-state index in [1.165, 1.54) is 0 Å². The number of carbonyl (C=O) groups is 1. The SMILES string of the molecule is NCC(=O)OP(=O)(O)O.[H-].[H-].[Na+].[Na+]. The molecule has 4 N–H and O–H groups in total. The predicted octanol–water partition coefficient (Wildman–Crippen LogP) is -7.19. The van der Waals surface area contributed by atoms with Crippen molar-refractivity contribution in [3.63, 3.8) is 0 Å². The molecule has 0 aliphatic heterocycles. The van der Waals surface area contributed by atoms with Gasteiger partial charge in [-0.3, -0.25) is 14.6 Å². The topological polar surface area (TPSA) is 110 Å². The fourth-order valence-corrected chi connectivity index (χ4v) is 0.510. The van der Waals surface area contributed by atoms with E-state index in [1.54, 1.807) is 0 Å². The number of phosphoric acid groups is 1. The Bertz CT molecular complexity index is 165. The summed E-state index contributed by atoms with van der Waals surface area (Å²) in [6, 6.07) is 0. The number of phosphoric ester groups is 1. The zero-order valence-corrected chi connectivity index (χ0v) is 11.2. The Labute approximate surface area is 111 Å². The molecule has 6 nitrogen and oxygen atoms in total. The summed E-state index contributed by atoms with van der Waals surface area (Å²) in [7, 11) is -4.67. The average Bonchev–Trinajstić information content (AvgIpc) is 1.62. The average molecular weight is 203 g/mol. The molecule has 0 amide bonds. The molecule has 0 aromatic carbocycles. The summed E-state index contributed by atoms with van der Waals surface area (Å²) in [6.07, 6.45) is 0. The molecule has 0 bridgehead atoms. The molecule has 0 fully saturated rings. The van der Waals surface area contributed by atoms with E-state index in [9.17, 15) is 9.36 Å². The van der Waals surface area contributed by atoms with Crippen LogP contribution < -0.4 is 64.8 Å². The summed E-state index contributed by atoms with van der Waals surface area (Å²) in [4.78, 5) is 25.9. The van der Waals surface area contributed by atoms with Crippen molar-refractivity contribution in [3.8, 4) is 0 Å². The van der Waals surface area contributed by atoms with Crippen LogP contribution in [-0.2, 0) is 13.9 Å². The molecule has 0 saturated carbocycles. The van der Waals surface area contributed by atoms with Gasteiger partial charge in [0, 0.05) is 0 Å². The molecule has 0 unspecified atom stereocenters. The van der Waals surface area contributed by atoms with Gasteiger partial charge in [-0.15, -0.1) is 0 Å². The minimum Gasteiger partial charge on any atom is -1.00 e. The van der Waals surface area contributed by atoms with E-state index in [4.69, 9.17) is 9.79 Å². The van der Waals surface area contributed by atoms with Gasteiger partial charge in [0.2, 0.25) is 0 Å². The molecule has 0 spiro atoms. The second kappa shape index (κ2) is 8.19. The van der Waals surface area contributed by atoms with E-state index in [2.05, 4.69) is 10.3 Å². The standard InChI is InChI=1S/C2H6NO5P.2Na.2H/c3-1-2(4)8-9(5,6)7;;;;/h1,3H2,(H2,5,6,7);;;;/q;2*+1;2*-1. The van der Waals surface area contributed by atoms with Crippen LogP contribution in [0.5, 0.6) is 0 Å². The Kier molecular flexibility index (Phi) is 13.7. The van der Waals surface area contributed by atoms with Gasteiger partial charge in [-0.05, 0) is 0 Å². The molecular weight excluding hydrogens is 195 g/mol. The first-order chi connectivity index (χ1) is 3.95. The first-order valence-corrected chi connectivity index (χ1v) is 3.47. The van der Waals surface area contributed by atoms with Crippen LogP contribution in [0.1, 0.15) is 2.85 Å². The maximum absolute atomic E-state index is 9.99. The second-order valence-electron chi connectivity index (χ2n) is 1.16. The summed E-state index contributed by atoms with van der Waals surface area (Å²) in [5, 5.41) is 0. The van der Waals surface area contributed by atoms with Crippen LogP contribution in [0.3, 0.4) is 0 Å². The Morgan fingerprint density at radius 1 is 1.55 bits per heavy atom. The fraction of sp³-hybridized carbons (Fsp3) is 0.500. The summed E-state index contributed by atoms with van der Waals surface area (Å²) in [5.74, 6) is -1.12. The number of hydrogen-bond acceptors (Lipinski definition) is 4. The number of carbonyl (C=O) groups excluding carboxylic acids is 1. The van der Waals surface area contributed by atoms with Crippen LogP contribution in [0.2, 0.25) is 0 Å². The second-order valence-corrected chi connectivity index (χ2v) is 2.32. The van der Waals surface area contributed by atoms with Crippen LogP contribution in [-0.4, -0.2) is 22.3 Å². The zero-order valence-electron chi connectivity index (χ0n) is 8.35. The monoisotopic (exact) mass is 203 g/mol. The van der Waals surface area contributed by atoms with E-state index >= 15 is 0 Å².